The molecule has 2 nitrogen and oxygen atoms in total. The average Bonchev–Trinajstić information content (AvgIpc) is 2.97. The van der Waals surface area contributed by atoms with Crippen molar-refractivity contribution in [1.29, 1.82) is 0 Å². The molecule has 2 aromatic heterocycles. The van der Waals surface area contributed by atoms with Crippen LogP contribution in [0.3, 0.4) is 0 Å². The summed E-state index contributed by atoms with van der Waals surface area (Å²) in [5.74, 6) is 2.03. The van der Waals surface area contributed by atoms with Gasteiger partial charge in [0.1, 0.15) is 17.6 Å². The maximum absolute atomic E-state index is 5.85. The predicted octanol–water partition coefficient (Wildman–Crippen LogP) is 4.62. The smallest absolute Gasteiger partial charge is 0.126 e. The molecule has 0 aromatic carbocycles. The van der Waals surface area contributed by atoms with Gasteiger partial charge < -0.3 is 9.73 Å². The maximum Gasteiger partial charge on any atom is 0.126 e. The SMILES string of the molecule is CCNC(c1ccc(C)o1)c1cc2c(s1)CCCCC2. The Hall–Kier alpha value is -1.06. The highest BCUT2D eigenvalue weighted by atomic mass is 32.1. The predicted molar refractivity (Wildman–Crippen MR) is 84.5 cm³/mol. The van der Waals surface area contributed by atoms with Crippen molar-refractivity contribution in [3.63, 3.8) is 0 Å². The van der Waals surface area contributed by atoms with Gasteiger partial charge in [-0.05, 0) is 62.9 Å². The van der Waals surface area contributed by atoms with Gasteiger partial charge in [-0.25, -0.2) is 0 Å². The van der Waals surface area contributed by atoms with Crippen LogP contribution in [0.4, 0.5) is 0 Å². The second-order valence-corrected chi connectivity index (χ2v) is 6.77. The van der Waals surface area contributed by atoms with Gasteiger partial charge in [-0.3, -0.25) is 0 Å². The van der Waals surface area contributed by atoms with E-state index in [1.807, 2.05) is 18.3 Å². The average molecular weight is 289 g/mol. The van der Waals surface area contributed by atoms with Gasteiger partial charge in [0.15, 0.2) is 0 Å². The molecule has 1 aliphatic rings. The quantitative estimate of drug-likeness (QED) is 0.831. The van der Waals surface area contributed by atoms with E-state index in [2.05, 4.69) is 30.4 Å². The van der Waals surface area contributed by atoms with Gasteiger partial charge in [-0.15, -0.1) is 11.3 Å². The molecule has 3 heteroatoms. The summed E-state index contributed by atoms with van der Waals surface area (Å²) in [5, 5.41) is 3.57. The van der Waals surface area contributed by atoms with Crippen molar-refractivity contribution in [2.75, 3.05) is 6.54 Å². The number of thiophene rings is 1. The van der Waals surface area contributed by atoms with Crippen molar-refractivity contribution in [2.24, 2.45) is 0 Å². The van der Waals surface area contributed by atoms with Gasteiger partial charge in [-0.1, -0.05) is 13.3 Å². The summed E-state index contributed by atoms with van der Waals surface area (Å²) < 4.78 is 5.85. The Morgan fingerprint density at radius 1 is 1.25 bits per heavy atom. The topological polar surface area (TPSA) is 25.2 Å². The van der Waals surface area contributed by atoms with Crippen LogP contribution in [-0.2, 0) is 12.8 Å². The second-order valence-electron chi connectivity index (χ2n) is 5.60. The third-order valence-electron chi connectivity index (χ3n) is 4.00. The molecule has 2 aromatic rings. The van der Waals surface area contributed by atoms with Crippen molar-refractivity contribution in [3.8, 4) is 0 Å². The largest absolute Gasteiger partial charge is 0.464 e. The number of rotatable bonds is 4. The normalized spacial score (nSPS) is 16.7. The van der Waals surface area contributed by atoms with Crippen LogP contribution in [0, 0.1) is 6.92 Å². The molecule has 0 amide bonds. The van der Waals surface area contributed by atoms with E-state index in [9.17, 15) is 0 Å². The zero-order valence-corrected chi connectivity index (χ0v) is 13.2. The molecule has 108 valence electrons. The van der Waals surface area contributed by atoms with Gasteiger partial charge in [0.2, 0.25) is 0 Å². The highest BCUT2D eigenvalue weighted by Gasteiger charge is 2.21. The van der Waals surface area contributed by atoms with Crippen LogP contribution in [0.2, 0.25) is 0 Å². The molecule has 1 N–H and O–H groups in total. The van der Waals surface area contributed by atoms with E-state index in [0.717, 1.165) is 18.1 Å². The number of furan rings is 1. The van der Waals surface area contributed by atoms with Gasteiger partial charge in [0.05, 0.1) is 0 Å². The lowest BCUT2D eigenvalue weighted by Crippen LogP contribution is -2.20. The highest BCUT2D eigenvalue weighted by Crippen LogP contribution is 2.35. The molecule has 2 heterocycles. The molecule has 0 radical (unpaired) electrons. The Bertz CT molecular complexity index is 546. The molecule has 0 aliphatic heterocycles. The third-order valence-corrected chi connectivity index (χ3v) is 5.31. The van der Waals surface area contributed by atoms with Crippen molar-refractivity contribution in [2.45, 2.75) is 52.0 Å². The summed E-state index contributed by atoms with van der Waals surface area (Å²) in [6, 6.07) is 6.79. The third kappa shape index (κ3) is 2.84. The molecule has 0 bridgehead atoms. The monoisotopic (exact) mass is 289 g/mol. The zero-order valence-electron chi connectivity index (χ0n) is 12.4. The van der Waals surface area contributed by atoms with E-state index in [4.69, 9.17) is 4.42 Å². The fourth-order valence-corrected chi connectivity index (χ4v) is 4.33. The molecule has 3 rings (SSSR count). The molecule has 20 heavy (non-hydrogen) atoms. The molecule has 0 saturated heterocycles. The molecule has 1 unspecified atom stereocenters. The van der Waals surface area contributed by atoms with Crippen molar-refractivity contribution < 1.29 is 4.42 Å². The number of aryl methyl sites for hydroxylation is 3. The Labute approximate surface area is 125 Å². The van der Waals surface area contributed by atoms with Crippen molar-refractivity contribution in [1.82, 2.24) is 5.32 Å². The first-order valence-corrected chi connectivity index (χ1v) is 8.50. The van der Waals surface area contributed by atoms with E-state index in [-0.39, 0.29) is 6.04 Å². The fraction of sp³-hybridized carbons (Fsp3) is 0.529. The Morgan fingerprint density at radius 2 is 2.10 bits per heavy atom. The molecule has 0 spiro atoms. The summed E-state index contributed by atoms with van der Waals surface area (Å²) in [7, 11) is 0. The van der Waals surface area contributed by atoms with Gasteiger partial charge in [-0.2, -0.15) is 0 Å². The standard InChI is InChI=1S/C17H23NOS/c1-3-18-17(14-10-9-12(2)19-14)16-11-13-7-5-4-6-8-15(13)20-16/h9-11,17-18H,3-8H2,1-2H3. The molecule has 0 fully saturated rings. The number of fused-ring (bicyclic) bond motifs is 1. The van der Waals surface area contributed by atoms with E-state index in [0.29, 0.717) is 0 Å². The molecule has 1 atom stereocenters. The highest BCUT2D eigenvalue weighted by molar-refractivity contribution is 7.12. The van der Waals surface area contributed by atoms with Crippen molar-refractivity contribution in [3.05, 3.63) is 45.0 Å². The summed E-state index contributed by atoms with van der Waals surface area (Å²) >= 11 is 1.98. The Kier molecular flexibility index (Phi) is 4.27. The lowest BCUT2D eigenvalue weighted by Gasteiger charge is -2.13. The zero-order chi connectivity index (χ0) is 13.9. The van der Waals surface area contributed by atoms with Crippen LogP contribution in [0.15, 0.2) is 22.6 Å². The maximum atomic E-state index is 5.85. The number of hydrogen-bond acceptors (Lipinski definition) is 3. The van der Waals surface area contributed by atoms with Crippen LogP contribution >= 0.6 is 11.3 Å². The van der Waals surface area contributed by atoms with Crippen LogP contribution in [0.25, 0.3) is 0 Å². The van der Waals surface area contributed by atoms with Crippen LogP contribution in [-0.4, -0.2) is 6.54 Å². The minimum Gasteiger partial charge on any atom is -0.464 e. The summed E-state index contributed by atoms with van der Waals surface area (Å²) in [6.07, 6.45) is 6.58. The van der Waals surface area contributed by atoms with Crippen molar-refractivity contribution >= 4 is 11.3 Å². The second kappa shape index (κ2) is 6.15. The lowest BCUT2D eigenvalue weighted by molar-refractivity contribution is 0.437. The van der Waals surface area contributed by atoms with Gasteiger partial charge in [0.25, 0.3) is 0 Å². The minimum absolute atomic E-state index is 0.214. The summed E-state index contributed by atoms with van der Waals surface area (Å²) in [6.45, 7) is 5.12. The summed E-state index contributed by atoms with van der Waals surface area (Å²) in [5.41, 5.74) is 1.58. The van der Waals surface area contributed by atoms with E-state index >= 15 is 0 Å². The van der Waals surface area contributed by atoms with Crippen LogP contribution in [0.1, 0.15) is 59.1 Å². The van der Waals surface area contributed by atoms with Crippen LogP contribution in [0.5, 0.6) is 0 Å². The number of hydrogen-bond donors (Lipinski definition) is 1. The Balaban J connectivity index is 1.91. The summed E-state index contributed by atoms with van der Waals surface area (Å²) in [4.78, 5) is 3.01. The van der Waals surface area contributed by atoms with E-state index < -0.39 is 0 Å². The van der Waals surface area contributed by atoms with Gasteiger partial charge >= 0.3 is 0 Å². The number of nitrogens with one attached hydrogen (secondary N) is 1. The van der Waals surface area contributed by atoms with E-state index in [1.165, 1.54) is 37.0 Å². The van der Waals surface area contributed by atoms with Crippen LogP contribution < -0.4 is 5.32 Å². The molecular formula is C17H23NOS. The first-order valence-electron chi connectivity index (χ1n) is 7.69. The first-order chi connectivity index (χ1) is 9.78. The minimum atomic E-state index is 0.214. The first kappa shape index (κ1) is 13.9. The lowest BCUT2D eigenvalue weighted by atomic mass is 10.1. The van der Waals surface area contributed by atoms with Gasteiger partial charge in [0, 0.05) is 9.75 Å². The molecule has 1 aliphatic carbocycles. The molecular weight excluding hydrogens is 266 g/mol. The molecule has 0 saturated carbocycles. The Morgan fingerprint density at radius 3 is 2.85 bits per heavy atom. The fourth-order valence-electron chi connectivity index (χ4n) is 2.99. The van der Waals surface area contributed by atoms with E-state index in [1.54, 1.807) is 10.4 Å².